The highest BCUT2D eigenvalue weighted by molar-refractivity contribution is 5.27. The van der Waals surface area contributed by atoms with Crippen LogP contribution in [-0.2, 0) is 0 Å². The van der Waals surface area contributed by atoms with Crippen LogP contribution in [0.2, 0.25) is 0 Å². The quantitative estimate of drug-likeness (QED) is 0.625. The summed E-state index contributed by atoms with van der Waals surface area (Å²) in [7, 11) is 0. The van der Waals surface area contributed by atoms with Gasteiger partial charge in [0.2, 0.25) is 0 Å². The fourth-order valence-corrected chi connectivity index (χ4v) is 5.49. The summed E-state index contributed by atoms with van der Waals surface area (Å²) in [6.07, 6.45) is 12.7. The average molecular weight is 192 g/mol. The van der Waals surface area contributed by atoms with Crippen LogP contribution < -0.4 is 0 Å². The van der Waals surface area contributed by atoms with E-state index in [0.29, 0.717) is 10.8 Å². The van der Waals surface area contributed by atoms with Crippen molar-refractivity contribution in [3.63, 3.8) is 0 Å². The Balaban J connectivity index is 1.71. The predicted molar refractivity (Wildman–Crippen MR) is 54.9 cm³/mol. The lowest BCUT2D eigenvalue weighted by atomic mass is 9.24. The van der Waals surface area contributed by atoms with E-state index in [9.17, 15) is 5.11 Å². The predicted octanol–water partition coefficient (Wildman–Crippen LogP) is 2.87. The van der Waals surface area contributed by atoms with Crippen molar-refractivity contribution < 1.29 is 5.11 Å². The second kappa shape index (κ2) is 2.07. The normalized spacial score (nSPS) is 50.8. The summed E-state index contributed by atoms with van der Waals surface area (Å²) >= 11 is 0. The number of aliphatic hydroxyl groups excluding tert-OH is 1. The fraction of sp³-hybridized carbons (Fsp3) is 1.00. The zero-order valence-corrected chi connectivity index (χ0v) is 8.89. The maximum Gasteiger partial charge on any atom is 0.0607 e. The van der Waals surface area contributed by atoms with Crippen LogP contribution in [0.3, 0.4) is 0 Å². The van der Waals surface area contributed by atoms with Gasteiger partial charge in [-0.1, -0.05) is 12.8 Å². The van der Waals surface area contributed by atoms with Crippen LogP contribution in [0, 0.1) is 16.2 Å². The maximum absolute atomic E-state index is 10.1. The molecule has 1 heteroatoms. The van der Waals surface area contributed by atoms with E-state index in [-0.39, 0.29) is 6.10 Å². The van der Waals surface area contributed by atoms with Gasteiger partial charge in [0.25, 0.3) is 0 Å². The van der Waals surface area contributed by atoms with Gasteiger partial charge in [-0.3, -0.25) is 0 Å². The number of hydrogen-bond acceptors (Lipinski definition) is 1. The molecule has 2 atom stereocenters. The molecule has 0 heterocycles. The molecule has 14 heavy (non-hydrogen) atoms. The zero-order valence-electron chi connectivity index (χ0n) is 8.89. The molecule has 4 fully saturated rings. The molecule has 1 N–H and O–H groups in total. The summed E-state index contributed by atoms with van der Waals surface area (Å²) in [5.74, 6) is 0. The first kappa shape index (κ1) is 8.15. The molecular weight excluding hydrogens is 172 g/mol. The molecule has 0 amide bonds. The van der Waals surface area contributed by atoms with Gasteiger partial charge >= 0.3 is 0 Å². The summed E-state index contributed by atoms with van der Waals surface area (Å²) < 4.78 is 0. The van der Waals surface area contributed by atoms with E-state index < -0.39 is 0 Å². The topological polar surface area (TPSA) is 20.2 Å². The van der Waals surface area contributed by atoms with Crippen molar-refractivity contribution >= 4 is 0 Å². The second-order valence-electron chi connectivity index (χ2n) is 6.45. The van der Waals surface area contributed by atoms with Crippen LogP contribution >= 0.6 is 0 Å². The van der Waals surface area contributed by atoms with E-state index in [4.69, 9.17) is 0 Å². The third-order valence-corrected chi connectivity index (χ3v) is 6.73. The molecule has 4 aliphatic rings. The average Bonchev–Trinajstić information content (AvgIpc) is 1.90. The maximum atomic E-state index is 10.1. The van der Waals surface area contributed by atoms with Crippen LogP contribution in [0.4, 0.5) is 0 Å². The number of fused-ring (bicyclic) bond motifs is 2. The molecule has 4 rings (SSSR count). The second-order valence-corrected chi connectivity index (χ2v) is 6.45. The van der Waals surface area contributed by atoms with Crippen molar-refractivity contribution in [2.45, 2.75) is 63.9 Å². The standard InChI is InChI=1S/C13H20O/c14-10-9-13(12(10)5-2-6-12)8-7-11(13)3-1-4-11/h10,14H,1-9H2/t10-,13-/m1/s1. The molecule has 4 saturated carbocycles. The lowest BCUT2D eigenvalue weighted by molar-refractivity contribution is -0.347. The Hall–Kier alpha value is -0.0400. The molecule has 0 saturated heterocycles. The summed E-state index contributed by atoms with van der Waals surface area (Å²) in [5, 5.41) is 10.1. The highest BCUT2D eigenvalue weighted by Crippen LogP contribution is 2.84. The first-order valence-corrected chi connectivity index (χ1v) is 6.43. The van der Waals surface area contributed by atoms with Gasteiger partial charge in [-0.2, -0.15) is 0 Å². The van der Waals surface area contributed by atoms with E-state index in [2.05, 4.69) is 0 Å². The first-order valence-electron chi connectivity index (χ1n) is 6.43. The molecule has 1 nitrogen and oxygen atoms in total. The molecule has 0 aromatic rings. The molecule has 0 aliphatic heterocycles. The van der Waals surface area contributed by atoms with E-state index in [1.54, 1.807) is 0 Å². The van der Waals surface area contributed by atoms with Crippen molar-refractivity contribution in [1.82, 2.24) is 0 Å². The van der Waals surface area contributed by atoms with Crippen molar-refractivity contribution in [1.29, 1.82) is 0 Å². The number of aliphatic hydroxyl groups is 1. The van der Waals surface area contributed by atoms with E-state index in [1.807, 2.05) is 0 Å². The third-order valence-electron chi connectivity index (χ3n) is 6.73. The Kier molecular flexibility index (Phi) is 1.20. The Bertz CT molecular complexity index is 282. The Labute approximate surface area is 85.9 Å². The summed E-state index contributed by atoms with van der Waals surface area (Å²) in [6.45, 7) is 0. The molecule has 3 spiro atoms. The van der Waals surface area contributed by atoms with Gasteiger partial charge in [0.1, 0.15) is 0 Å². The van der Waals surface area contributed by atoms with E-state index in [1.165, 1.54) is 51.4 Å². The fourth-order valence-electron chi connectivity index (χ4n) is 5.49. The largest absolute Gasteiger partial charge is 0.393 e. The Morgan fingerprint density at radius 3 is 1.86 bits per heavy atom. The number of rotatable bonds is 0. The van der Waals surface area contributed by atoms with E-state index >= 15 is 0 Å². The van der Waals surface area contributed by atoms with Crippen molar-refractivity contribution in [3.8, 4) is 0 Å². The summed E-state index contributed by atoms with van der Waals surface area (Å²) in [5.41, 5.74) is 1.83. The van der Waals surface area contributed by atoms with Crippen molar-refractivity contribution in [2.75, 3.05) is 0 Å². The molecule has 0 bridgehead atoms. The monoisotopic (exact) mass is 192 g/mol. The van der Waals surface area contributed by atoms with Gasteiger partial charge < -0.3 is 5.11 Å². The SMILES string of the molecule is O[C@@H]1C[C@@]2(CCC23CCC3)C12CCC2. The van der Waals surface area contributed by atoms with Crippen LogP contribution in [0.25, 0.3) is 0 Å². The van der Waals surface area contributed by atoms with Crippen LogP contribution in [-0.4, -0.2) is 11.2 Å². The van der Waals surface area contributed by atoms with Crippen molar-refractivity contribution in [3.05, 3.63) is 0 Å². The highest BCUT2D eigenvalue weighted by Gasteiger charge is 2.78. The zero-order chi connectivity index (χ0) is 9.44. The van der Waals surface area contributed by atoms with Crippen LogP contribution in [0.15, 0.2) is 0 Å². The summed E-state index contributed by atoms with van der Waals surface area (Å²) in [4.78, 5) is 0. The molecule has 0 unspecified atom stereocenters. The minimum Gasteiger partial charge on any atom is -0.393 e. The van der Waals surface area contributed by atoms with Gasteiger partial charge in [-0.05, 0) is 55.8 Å². The van der Waals surface area contributed by atoms with Gasteiger partial charge in [0.05, 0.1) is 6.10 Å². The van der Waals surface area contributed by atoms with Crippen molar-refractivity contribution in [2.24, 2.45) is 16.2 Å². The Morgan fingerprint density at radius 2 is 1.57 bits per heavy atom. The van der Waals surface area contributed by atoms with Gasteiger partial charge in [-0.15, -0.1) is 0 Å². The lowest BCUT2D eigenvalue weighted by Gasteiger charge is -2.81. The first-order chi connectivity index (χ1) is 6.75. The molecule has 0 aromatic carbocycles. The smallest absolute Gasteiger partial charge is 0.0607 e. The van der Waals surface area contributed by atoms with Gasteiger partial charge in [0.15, 0.2) is 0 Å². The Morgan fingerprint density at radius 1 is 0.857 bits per heavy atom. The summed E-state index contributed by atoms with van der Waals surface area (Å²) in [6, 6.07) is 0. The number of hydrogen-bond donors (Lipinski definition) is 1. The van der Waals surface area contributed by atoms with Gasteiger partial charge in [-0.25, -0.2) is 0 Å². The lowest BCUT2D eigenvalue weighted by Crippen LogP contribution is -2.76. The molecular formula is C13H20O. The molecule has 0 aromatic heterocycles. The van der Waals surface area contributed by atoms with Gasteiger partial charge in [0, 0.05) is 5.41 Å². The third kappa shape index (κ3) is 0.532. The minimum absolute atomic E-state index is 0.0778. The molecule has 4 aliphatic carbocycles. The highest BCUT2D eigenvalue weighted by atomic mass is 16.3. The van der Waals surface area contributed by atoms with Crippen LogP contribution in [0.1, 0.15) is 57.8 Å². The van der Waals surface area contributed by atoms with E-state index in [0.717, 1.165) is 11.8 Å². The minimum atomic E-state index is 0.0778. The van der Waals surface area contributed by atoms with Crippen LogP contribution in [0.5, 0.6) is 0 Å². The molecule has 0 radical (unpaired) electrons. The molecule has 78 valence electrons.